The molecule has 0 aromatic heterocycles. The number of benzene rings is 3. The fraction of sp³-hybridized carbons (Fsp3) is 0.444. The molecule has 6 rings (SSSR count). The molecule has 3 aliphatic rings. The molecule has 0 spiro atoms. The first kappa shape index (κ1) is 60.1. The predicted octanol–water partition coefficient (Wildman–Crippen LogP) is 8.45. The average molecular weight is 1210 g/mol. The molecule has 0 bridgehead atoms. The molecule has 0 fully saturated rings. The minimum absolute atomic E-state index is 0. The van der Waals surface area contributed by atoms with Gasteiger partial charge in [0.15, 0.2) is 12.3 Å². The molecule has 0 atom stereocenters. The van der Waals surface area contributed by atoms with Gasteiger partial charge in [0.05, 0.1) is 77.0 Å². The van der Waals surface area contributed by atoms with Crippen LogP contribution in [0.1, 0.15) is 90.2 Å². The maximum atomic E-state index is 12.6. The number of unbranched alkanes of at least 4 members (excludes halogenated alkanes) is 1. The van der Waals surface area contributed by atoms with E-state index < -0.39 is 31.1 Å². The van der Waals surface area contributed by atoms with Crippen LogP contribution in [-0.4, -0.2) is 132 Å². The van der Waals surface area contributed by atoms with Crippen molar-refractivity contribution in [2.24, 2.45) is 0 Å². The first-order valence-corrected chi connectivity index (χ1v) is 27.1. The molecule has 14 nitrogen and oxygen atoms in total. The molecule has 2 aliphatic heterocycles. The van der Waals surface area contributed by atoms with Crippen molar-refractivity contribution in [1.82, 2.24) is 0 Å². The van der Waals surface area contributed by atoms with Gasteiger partial charge < -0.3 is 55.9 Å². The second-order valence-electron chi connectivity index (χ2n) is 21.4. The van der Waals surface area contributed by atoms with Crippen LogP contribution in [0.2, 0.25) is 0 Å². The van der Waals surface area contributed by atoms with Crippen LogP contribution in [-0.2, 0) is 61.7 Å². The summed E-state index contributed by atoms with van der Waals surface area (Å²) in [6, 6.07) is 16.4. The molecular weight excluding hydrogens is 1140 g/mol. The van der Waals surface area contributed by atoms with Crippen molar-refractivity contribution in [3.63, 3.8) is 0 Å². The van der Waals surface area contributed by atoms with Gasteiger partial charge in [0.2, 0.25) is 11.6 Å². The fourth-order valence-corrected chi connectivity index (χ4v) is 10.5. The van der Waals surface area contributed by atoms with Crippen LogP contribution in [0.3, 0.4) is 0 Å². The molecule has 2 heterocycles. The SMILES string of the molecule is CC1(C)C(/C=C/C2=C(Oc3ccc(NC(=O)CCC[C-]=O)cc3)C(=C/C=C3/N(CCC[N+](C)(C)C)c4ccc(S(=O)(=O)[O-])cc4C3(C)C)/CCC2)=[N+](CCC[N+](C)(C)C)c2ccc(S(=O)(=O)[O-])cc21.[CH-]=S.[W+2]. The largest absolute Gasteiger partial charge is 2.00 e. The summed E-state index contributed by atoms with van der Waals surface area (Å²) in [4.78, 5) is 24.9. The Morgan fingerprint density at radius 3 is 2.01 bits per heavy atom. The van der Waals surface area contributed by atoms with Gasteiger partial charge in [-0.2, -0.15) is 11.0 Å². The van der Waals surface area contributed by atoms with E-state index in [4.69, 9.17) is 4.74 Å². The number of nitrogens with one attached hydrogen (secondary N) is 1. The van der Waals surface area contributed by atoms with Crippen molar-refractivity contribution < 1.29 is 74.9 Å². The van der Waals surface area contributed by atoms with E-state index in [-0.39, 0.29) is 49.6 Å². The van der Waals surface area contributed by atoms with Gasteiger partial charge >= 0.3 is 21.1 Å². The molecule has 18 heteroatoms. The van der Waals surface area contributed by atoms with Crippen LogP contribution in [0.5, 0.6) is 5.75 Å². The molecule has 3 aromatic rings. The zero-order valence-corrected chi connectivity index (χ0v) is 48.6. The van der Waals surface area contributed by atoms with Crippen LogP contribution < -0.4 is 15.0 Å². The molecule has 388 valence electrons. The first-order valence-electron chi connectivity index (χ1n) is 23.8. The third-order valence-corrected chi connectivity index (χ3v) is 14.8. The van der Waals surface area contributed by atoms with E-state index in [9.17, 15) is 35.5 Å². The number of hydrogen-bond acceptors (Lipinski definition) is 11. The Kier molecular flexibility index (Phi) is 20.3. The van der Waals surface area contributed by atoms with Gasteiger partial charge in [-0.15, -0.1) is 0 Å². The van der Waals surface area contributed by atoms with Gasteiger partial charge in [-0.3, -0.25) is 11.1 Å². The number of fused-ring (bicyclic) bond motifs is 2. The molecule has 1 amide bonds. The van der Waals surface area contributed by atoms with Crippen molar-refractivity contribution >= 4 is 73.3 Å². The van der Waals surface area contributed by atoms with E-state index in [0.717, 1.165) is 86.4 Å². The normalized spacial score (nSPS) is 17.6. The van der Waals surface area contributed by atoms with Crippen molar-refractivity contribution in [2.45, 2.75) is 99.7 Å². The van der Waals surface area contributed by atoms with Gasteiger partial charge in [-0.05, 0) is 117 Å². The molecule has 1 aliphatic carbocycles. The maximum absolute atomic E-state index is 12.6. The summed E-state index contributed by atoms with van der Waals surface area (Å²) in [6.07, 6.45) is 14.8. The second-order valence-corrected chi connectivity index (χ2v) is 24.2. The topological polar surface area (TPSA) is 176 Å². The van der Waals surface area contributed by atoms with E-state index in [1.807, 2.05) is 34.0 Å². The molecule has 72 heavy (non-hydrogen) atoms. The predicted molar refractivity (Wildman–Crippen MR) is 282 cm³/mol. The molecule has 0 radical (unpaired) electrons. The van der Waals surface area contributed by atoms with E-state index in [1.54, 1.807) is 36.4 Å². The monoisotopic (exact) mass is 1210 g/mol. The molecule has 0 unspecified atom stereocenters. The number of hydrogen-bond donors (Lipinski definition) is 1. The van der Waals surface area contributed by atoms with Crippen LogP contribution >= 0.6 is 12.2 Å². The summed E-state index contributed by atoms with van der Waals surface area (Å²) < 4.78 is 84.1. The Morgan fingerprint density at radius 2 is 1.42 bits per heavy atom. The van der Waals surface area contributed by atoms with Crippen molar-refractivity contribution in [2.75, 3.05) is 78.7 Å². The quantitative estimate of drug-likeness (QED) is 0.0287. The zero-order valence-electron chi connectivity index (χ0n) is 43.2. The first-order chi connectivity index (χ1) is 33.1. The number of rotatable bonds is 20. The van der Waals surface area contributed by atoms with Crippen molar-refractivity contribution in [1.29, 1.82) is 0 Å². The third-order valence-electron chi connectivity index (χ3n) is 13.1. The summed E-state index contributed by atoms with van der Waals surface area (Å²) in [6.45, 7) is 11.3. The van der Waals surface area contributed by atoms with E-state index in [1.165, 1.54) is 24.3 Å². The fourth-order valence-electron chi connectivity index (χ4n) is 9.49. The number of ether oxygens (including phenoxy) is 1. The van der Waals surface area contributed by atoms with Gasteiger partial charge in [0.1, 0.15) is 31.7 Å². The second kappa shape index (κ2) is 24.3. The maximum Gasteiger partial charge on any atom is 2.00 e. The van der Waals surface area contributed by atoms with E-state index in [0.29, 0.717) is 49.5 Å². The molecule has 3 aromatic carbocycles. The Morgan fingerprint density at radius 1 is 0.819 bits per heavy atom. The van der Waals surface area contributed by atoms with Gasteiger partial charge in [0, 0.05) is 59.6 Å². The summed E-state index contributed by atoms with van der Waals surface area (Å²) in [5, 5.41) is 2.88. The third kappa shape index (κ3) is 15.1. The molecule has 0 saturated carbocycles. The van der Waals surface area contributed by atoms with Crippen LogP contribution in [0.25, 0.3) is 0 Å². The number of nitrogens with zero attached hydrogens (tertiary/aromatic N) is 4. The summed E-state index contributed by atoms with van der Waals surface area (Å²) >= 11 is 3.58. The van der Waals surface area contributed by atoms with Gasteiger partial charge in [-0.25, -0.2) is 16.8 Å². The Labute approximate surface area is 448 Å². The molecular formula is C54H70N5O9S3W+. The number of anilines is 2. The standard InChI is InChI=1S/C53H69N5O9S2.CHS.W/c1-52(2)44-36-42(68(61,62)63)25-27-46(44)55(31-14-33-57(5,6)7)48(52)29-19-38-16-13-17-39(51(38)67-41-23-21-40(22-24-41)54-50(60)18-11-12-35-59)20-30-49-53(3,4)45-37-43(69(64,65)66)26-28-47(45)56(49)32-15-34-58(8,9)10;1-2;/h19-30,36-37H,11-18,31-34H2,1-10H3,(H-2,54,60,61,62,63,64,65,66);1H;/q;-1;+2. The van der Waals surface area contributed by atoms with Crippen molar-refractivity contribution in [3.05, 3.63) is 119 Å². The summed E-state index contributed by atoms with van der Waals surface area (Å²) in [5.41, 5.74) is 6.23. The zero-order chi connectivity index (χ0) is 52.7. The van der Waals surface area contributed by atoms with Crippen LogP contribution in [0, 0.1) is 0 Å². The minimum atomic E-state index is -4.70. The number of carbonyl (C=O) groups excluding carboxylic acids is 2. The number of carbonyl (C=O) groups is 1. The Hall–Kier alpha value is -4.45. The van der Waals surface area contributed by atoms with E-state index >= 15 is 0 Å². The van der Waals surface area contributed by atoms with E-state index in [2.05, 4.69) is 99.5 Å². The van der Waals surface area contributed by atoms with Crippen molar-refractivity contribution in [3.8, 4) is 5.75 Å². The molecule has 0 saturated heterocycles. The number of amides is 1. The summed E-state index contributed by atoms with van der Waals surface area (Å²) in [7, 11) is 3.47. The summed E-state index contributed by atoms with van der Waals surface area (Å²) in [5.74, 6) is 5.08. The minimum Gasteiger partial charge on any atom is -0.744 e. The number of thiocarbonyl (C=S) groups is 1. The van der Waals surface area contributed by atoms with Gasteiger partial charge in [-0.1, -0.05) is 26.3 Å². The number of quaternary nitrogens is 2. The van der Waals surface area contributed by atoms with Crippen LogP contribution in [0.4, 0.5) is 17.1 Å². The average Bonchev–Trinajstić information content (AvgIpc) is 3.62. The molecule has 1 N–H and O–H groups in total. The Balaban J connectivity index is 0.00000370. The smallest absolute Gasteiger partial charge is 0.744 e. The van der Waals surface area contributed by atoms with Crippen LogP contribution in [0.15, 0.2) is 117 Å². The number of allylic oxidation sites excluding steroid dienone is 7. The Bertz CT molecular complexity index is 2870. The van der Waals surface area contributed by atoms with Gasteiger partial charge in [0.25, 0.3) is 0 Å².